The first-order valence-electron chi connectivity index (χ1n) is 9.16. The van der Waals surface area contributed by atoms with Gasteiger partial charge in [-0.2, -0.15) is 21.6 Å². The van der Waals surface area contributed by atoms with Crippen LogP contribution in [-0.4, -0.2) is 60.0 Å². The second-order valence-electron chi connectivity index (χ2n) is 8.02. The smallest absolute Gasteiger partial charge is 0.504 e. The number of Topliss-reactive ketones (excluding diaryl/α,β-unsaturated/α-hetero) is 1. The molecule has 2 bridgehead atoms. The van der Waals surface area contributed by atoms with Crippen LogP contribution in [0.1, 0.15) is 30.4 Å². The predicted molar refractivity (Wildman–Crippen MR) is 94.3 cm³/mol. The number of alkyl halides is 3. The molecule has 1 aromatic carbocycles. The van der Waals surface area contributed by atoms with Crippen molar-refractivity contribution >= 4 is 15.9 Å². The number of piperidine rings is 1. The van der Waals surface area contributed by atoms with Gasteiger partial charge in [0.05, 0.1) is 0 Å². The summed E-state index contributed by atoms with van der Waals surface area (Å²) in [6.45, 7) is 1.00. The van der Waals surface area contributed by atoms with Crippen LogP contribution in [0.25, 0.3) is 0 Å². The molecule has 0 amide bonds. The Hall–Kier alpha value is -1.85. The van der Waals surface area contributed by atoms with E-state index in [4.69, 9.17) is 17.7 Å². The van der Waals surface area contributed by atoms with Crippen LogP contribution in [0.15, 0.2) is 12.1 Å². The van der Waals surface area contributed by atoms with E-state index in [1.807, 2.05) is 6.07 Å². The van der Waals surface area contributed by atoms with Gasteiger partial charge in [-0.05, 0) is 50.4 Å². The van der Waals surface area contributed by atoms with Gasteiger partial charge < -0.3 is 14.7 Å². The summed E-state index contributed by atoms with van der Waals surface area (Å²) < 4.78 is 63.6. The number of phenols is 1. The highest BCUT2D eigenvalue weighted by Gasteiger charge is 2.65. The molecule has 5 rings (SSSR count). The number of nitrogens with zero attached hydrogens (tertiary/aromatic N) is 1. The number of halogens is 3. The molecule has 2 heterocycles. The fourth-order valence-corrected chi connectivity index (χ4v) is 5.52. The molecule has 1 saturated carbocycles. The lowest BCUT2D eigenvalue weighted by atomic mass is 9.52. The van der Waals surface area contributed by atoms with E-state index in [9.17, 15) is 23.1 Å². The van der Waals surface area contributed by atoms with Crippen LogP contribution in [0, 0.1) is 5.92 Å². The van der Waals surface area contributed by atoms with Gasteiger partial charge in [0, 0.05) is 23.4 Å². The summed E-state index contributed by atoms with van der Waals surface area (Å²) in [5.41, 5.74) is -3.27. The molecule has 7 nitrogen and oxygen atoms in total. The second-order valence-corrected chi connectivity index (χ2v) is 9.43. The number of likely N-dealkylation sites (tertiary alicyclic amines) is 1. The minimum Gasteiger partial charge on any atom is -0.504 e. The van der Waals surface area contributed by atoms with Gasteiger partial charge in [0.1, 0.15) is 0 Å². The van der Waals surface area contributed by atoms with Crippen molar-refractivity contribution in [1.82, 2.24) is 4.90 Å². The third-order valence-electron chi connectivity index (χ3n) is 6.68. The molecule has 4 atom stereocenters. The molecule has 1 saturated heterocycles. The van der Waals surface area contributed by atoms with E-state index in [1.165, 1.54) is 5.56 Å². The van der Waals surface area contributed by atoms with Crippen molar-refractivity contribution in [2.24, 2.45) is 5.92 Å². The van der Waals surface area contributed by atoms with Crippen LogP contribution in [0.5, 0.6) is 11.5 Å². The lowest BCUT2D eigenvalue weighted by molar-refractivity contribution is -0.138. The molecule has 0 aromatic heterocycles. The average molecular weight is 435 g/mol. The van der Waals surface area contributed by atoms with Crippen LogP contribution >= 0.6 is 0 Å². The predicted octanol–water partition coefficient (Wildman–Crippen LogP) is 2.02. The van der Waals surface area contributed by atoms with E-state index in [2.05, 4.69) is 11.9 Å². The lowest BCUT2D eigenvalue weighted by Crippen LogP contribution is -2.65. The molecule has 0 unspecified atom stereocenters. The minimum absolute atomic E-state index is 0.172. The Bertz CT molecular complexity index is 979. The Labute approximate surface area is 165 Å². The van der Waals surface area contributed by atoms with Crippen LogP contribution in [0.4, 0.5) is 13.2 Å². The third kappa shape index (κ3) is 2.85. The number of phenolic OH excluding ortho intramolecular Hbond substituents is 1. The van der Waals surface area contributed by atoms with Gasteiger partial charge in [-0.1, -0.05) is 6.07 Å². The summed E-state index contributed by atoms with van der Waals surface area (Å²) in [5.74, 6) is 1.50. The quantitative estimate of drug-likeness (QED) is 0.475. The molecular formula is C18H20F3NO6S. The standard InChI is InChI=1S/C17H19NO3.CHF3O3S/c1-18-7-6-17-10-3-5-13(20)16(17)21-15-12(19)4-2-9(14(15)17)8-11(10)18;2-1(3,4)8(5,6)7/h2,4,10-11,16,19H,3,5-8H2,1H3;(H,5,6,7)/t10-,11+,16-,17-;/m0./s1. The Morgan fingerprint density at radius 2 is 1.97 bits per heavy atom. The summed E-state index contributed by atoms with van der Waals surface area (Å²) >= 11 is 0. The number of ketones is 1. The molecule has 1 aromatic rings. The van der Waals surface area contributed by atoms with E-state index in [1.54, 1.807) is 6.07 Å². The average Bonchev–Trinajstić information content (AvgIpc) is 2.96. The van der Waals surface area contributed by atoms with Crippen molar-refractivity contribution in [3.05, 3.63) is 23.3 Å². The van der Waals surface area contributed by atoms with Gasteiger partial charge in [0.25, 0.3) is 0 Å². The summed E-state index contributed by atoms with van der Waals surface area (Å²) in [4.78, 5) is 14.9. The number of carbonyl (C=O) groups excluding carboxylic acids is 1. The zero-order valence-electron chi connectivity index (χ0n) is 15.4. The number of ether oxygens (including phenoxy) is 1. The normalized spacial score (nSPS) is 32.7. The minimum atomic E-state index is -5.84. The first-order valence-corrected chi connectivity index (χ1v) is 10.6. The van der Waals surface area contributed by atoms with Gasteiger partial charge in [-0.15, -0.1) is 0 Å². The van der Waals surface area contributed by atoms with Crippen LogP contribution < -0.4 is 4.74 Å². The highest BCUT2D eigenvalue weighted by atomic mass is 32.2. The first kappa shape index (κ1) is 20.4. The van der Waals surface area contributed by atoms with Crippen molar-refractivity contribution in [3.63, 3.8) is 0 Å². The van der Waals surface area contributed by atoms with E-state index < -0.39 is 15.6 Å². The summed E-state index contributed by atoms with van der Waals surface area (Å²) in [6.07, 6.45) is 3.18. The zero-order chi connectivity index (χ0) is 21.4. The van der Waals surface area contributed by atoms with Crippen LogP contribution in [0.2, 0.25) is 0 Å². The zero-order valence-corrected chi connectivity index (χ0v) is 16.3. The van der Waals surface area contributed by atoms with Gasteiger partial charge >= 0.3 is 15.6 Å². The number of carbonyl (C=O) groups is 1. The van der Waals surface area contributed by atoms with Gasteiger partial charge in [-0.3, -0.25) is 9.35 Å². The number of rotatable bonds is 0. The molecule has 4 aliphatic rings. The molecule has 2 aliphatic heterocycles. The molecule has 2 N–H and O–H groups in total. The van der Waals surface area contributed by atoms with Crippen molar-refractivity contribution in [1.29, 1.82) is 0 Å². The van der Waals surface area contributed by atoms with E-state index in [0.717, 1.165) is 31.4 Å². The molecule has 160 valence electrons. The molecule has 11 heteroatoms. The molecule has 2 fully saturated rings. The Morgan fingerprint density at radius 3 is 2.59 bits per heavy atom. The summed E-state index contributed by atoms with van der Waals surface area (Å²) in [6, 6.07) is 4.26. The number of hydrogen-bond acceptors (Lipinski definition) is 6. The van der Waals surface area contributed by atoms with Crippen molar-refractivity contribution < 1.29 is 40.8 Å². The first-order chi connectivity index (χ1) is 13.4. The maximum Gasteiger partial charge on any atom is 0.522 e. The topological polar surface area (TPSA) is 104 Å². The number of hydrogen-bond donors (Lipinski definition) is 2. The number of likely N-dealkylation sites (N-methyl/N-ethyl adjacent to an activating group) is 1. The van der Waals surface area contributed by atoms with E-state index in [0.29, 0.717) is 24.1 Å². The van der Waals surface area contributed by atoms with Gasteiger partial charge in [0.15, 0.2) is 23.4 Å². The fourth-order valence-electron chi connectivity index (χ4n) is 5.52. The SMILES string of the molecule is CN1CC[C@]23c4c5ccc(O)c4O[C@H]2C(=O)CC[C@H]3[C@H]1C5.O=S(=O)(O)C(F)(F)F. The van der Waals surface area contributed by atoms with Gasteiger partial charge in [-0.25, -0.2) is 0 Å². The third-order valence-corrected chi connectivity index (χ3v) is 7.26. The highest BCUT2D eigenvalue weighted by molar-refractivity contribution is 7.86. The molecular weight excluding hydrogens is 415 g/mol. The van der Waals surface area contributed by atoms with Crippen LogP contribution in [-0.2, 0) is 26.7 Å². The van der Waals surface area contributed by atoms with Gasteiger partial charge in [0.2, 0.25) is 0 Å². The highest BCUT2D eigenvalue weighted by Crippen LogP contribution is 2.62. The number of benzene rings is 1. The number of aromatic hydroxyl groups is 1. The Morgan fingerprint density at radius 1 is 1.31 bits per heavy atom. The van der Waals surface area contributed by atoms with Crippen molar-refractivity contribution in [2.45, 2.75) is 48.8 Å². The Kier molecular flexibility index (Phi) is 4.45. The van der Waals surface area contributed by atoms with Crippen molar-refractivity contribution in [2.75, 3.05) is 13.6 Å². The van der Waals surface area contributed by atoms with E-state index in [-0.39, 0.29) is 23.1 Å². The lowest BCUT2D eigenvalue weighted by Gasteiger charge is -2.57. The monoisotopic (exact) mass is 435 g/mol. The Balaban J connectivity index is 0.000000221. The molecule has 29 heavy (non-hydrogen) atoms. The van der Waals surface area contributed by atoms with E-state index >= 15 is 0 Å². The van der Waals surface area contributed by atoms with Crippen molar-refractivity contribution in [3.8, 4) is 11.5 Å². The second kappa shape index (κ2) is 6.32. The molecule has 0 radical (unpaired) electrons. The maximum atomic E-state index is 12.5. The maximum absolute atomic E-state index is 12.5. The summed E-state index contributed by atoms with van der Waals surface area (Å²) in [7, 11) is -3.64. The largest absolute Gasteiger partial charge is 0.522 e. The summed E-state index contributed by atoms with van der Waals surface area (Å²) in [5, 5.41) is 10.2. The fraction of sp³-hybridized carbons (Fsp3) is 0.611. The molecule has 1 spiro atoms. The van der Waals surface area contributed by atoms with Crippen LogP contribution in [0.3, 0.4) is 0 Å². The molecule has 2 aliphatic carbocycles.